The molecule has 0 aromatic heterocycles. The fraction of sp³-hybridized carbons (Fsp3) is 0.281. The number of ether oxygens (including phenoxy) is 2. The van der Waals surface area contributed by atoms with Gasteiger partial charge in [-0.15, -0.1) is 0 Å². The van der Waals surface area contributed by atoms with Crippen LogP contribution in [0, 0.1) is 0 Å². The summed E-state index contributed by atoms with van der Waals surface area (Å²) in [4.78, 5) is 63.4. The maximum Gasteiger partial charge on any atom is 0.340 e. The first-order valence-corrected chi connectivity index (χ1v) is 13.7. The number of fused-ring (bicyclic) bond motifs is 6. The van der Waals surface area contributed by atoms with Gasteiger partial charge in [0.05, 0.1) is 18.2 Å². The number of esters is 1. The van der Waals surface area contributed by atoms with Crippen molar-refractivity contribution >= 4 is 29.4 Å². The van der Waals surface area contributed by atoms with Crippen molar-refractivity contribution in [2.45, 2.75) is 44.8 Å². The van der Waals surface area contributed by atoms with E-state index in [0.717, 1.165) is 0 Å². The Labute approximate surface area is 247 Å². The van der Waals surface area contributed by atoms with Crippen molar-refractivity contribution in [3.63, 3.8) is 0 Å². The van der Waals surface area contributed by atoms with Gasteiger partial charge in [0.2, 0.25) is 11.8 Å². The second-order valence-corrected chi connectivity index (χ2v) is 10.7. The van der Waals surface area contributed by atoms with Crippen LogP contribution in [0.2, 0.25) is 0 Å². The largest absolute Gasteiger partial charge is 0.508 e. The molecule has 43 heavy (non-hydrogen) atoms. The summed E-state index contributed by atoms with van der Waals surface area (Å²) >= 11 is 0. The van der Waals surface area contributed by atoms with E-state index >= 15 is 0 Å². The monoisotopic (exact) mass is 586 g/mol. The number of carbonyl (C=O) groups is 5. The van der Waals surface area contributed by atoms with Crippen molar-refractivity contribution in [3.8, 4) is 23.0 Å². The summed E-state index contributed by atoms with van der Waals surface area (Å²) in [5.74, 6) is -1.52. The Morgan fingerprint density at radius 1 is 0.907 bits per heavy atom. The normalized spacial score (nSPS) is 14.4. The van der Waals surface area contributed by atoms with Crippen molar-refractivity contribution in [1.29, 1.82) is 0 Å². The summed E-state index contributed by atoms with van der Waals surface area (Å²) in [5.41, 5.74) is 0.459. The molecule has 0 radical (unpaired) electrons. The van der Waals surface area contributed by atoms with Gasteiger partial charge in [0.1, 0.15) is 23.0 Å². The van der Waals surface area contributed by atoms with Gasteiger partial charge in [-0.25, -0.2) is 4.79 Å². The number of rotatable bonds is 9. The van der Waals surface area contributed by atoms with Crippen LogP contribution in [-0.4, -0.2) is 64.1 Å². The number of hydrogen-bond acceptors (Lipinski definition) is 9. The number of Topliss-reactive ketones (excluding diaryl/α,β-unsaturated/α-hetero) is 2. The summed E-state index contributed by atoms with van der Waals surface area (Å²) in [6.07, 6.45) is 0.287. The Kier molecular flexibility index (Phi) is 7.66. The fourth-order valence-corrected chi connectivity index (χ4v) is 5.31. The lowest BCUT2D eigenvalue weighted by atomic mass is 9.77. The number of likely N-dealkylation sites (N-methyl/N-ethyl adjacent to an activating group) is 1. The molecule has 11 heteroatoms. The van der Waals surface area contributed by atoms with Crippen LogP contribution in [0.5, 0.6) is 23.0 Å². The minimum absolute atomic E-state index is 0.0289. The van der Waals surface area contributed by atoms with E-state index in [9.17, 15) is 34.2 Å². The smallest absolute Gasteiger partial charge is 0.340 e. The van der Waals surface area contributed by atoms with Crippen LogP contribution in [0.1, 0.15) is 70.5 Å². The molecule has 0 saturated heterocycles. The lowest BCUT2D eigenvalue weighted by molar-refractivity contribution is -0.135. The minimum atomic E-state index is -1.43. The number of ketones is 2. The zero-order chi connectivity index (χ0) is 31.1. The SMILES string of the molecule is CC(=O)[C@H](C)NC(=O)CN(C)C(=O)CCCC(=O)c1ccc2c(c1)C(=O)OC21c2ccc(O)cc2Oc2cc(O)ccc21. The Balaban J connectivity index is 1.32. The van der Waals surface area contributed by atoms with E-state index in [0.29, 0.717) is 16.7 Å². The number of hydrogen-bond donors (Lipinski definition) is 3. The molecule has 2 aliphatic heterocycles. The molecular weight excluding hydrogens is 556 g/mol. The van der Waals surface area contributed by atoms with Crippen molar-refractivity contribution < 1.29 is 43.7 Å². The van der Waals surface area contributed by atoms with Crippen LogP contribution in [-0.2, 0) is 24.7 Å². The Morgan fingerprint density at radius 3 is 2.12 bits per heavy atom. The quantitative estimate of drug-likeness (QED) is 0.252. The molecule has 1 atom stereocenters. The van der Waals surface area contributed by atoms with Gasteiger partial charge < -0.3 is 29.9 Å². The Bertz CT molecular complexity index is 1630. The number of phenols is 2. The molecule has 0 saturated carbocycles. The molecule has 0 aliphatic carbocycles. The Hall–Kier alpha value is -5.19. The van der Waals surface area contributed by atoms with Crippen molar-refractivity contribution in [3.05, 3.63) is 82.4 Å². The standard InChI is InChI=1S/C32H30N2O9/c1-17(18(2)35)33-29(39)16-34(3)30(40)6-4-5-26(38)19-7-10-23-22(13-19)31(41)43-32(23)24-11-8-20(36)14-27(24)42-28-15-21(37)9-12-25(28)32/h7-15,17,36-37H,4-6,16H2,1-3H3,(H,33,39)/t17-/m0/s1. The van der Waals surface area contributed by atoms with Crippen LogP contribution in [0.15, 0.2) is 54.6 Å². The van der Waals surface area contributed by atoms with Crippen molar-refractivity contribution in [2.75, 3.05) is 13.6 Å². The molecular formula is C32H30N2O9. The number of aromatic hydroxyl groups is 2. The highest BCUT2D eigenvalue weighted by Gasteiger charge is 2.53. The van der Waals surface area contributed by atoms with E-state index in [4.69, 9.17) is 9.47 Å². The lowest BCUT2D eigenvalue weighted by Gasteiger charge is -2.36. The lowest BCUT2D eigenvalue weighted by Crippen LogP contribution is -2.44. The molecule has 222 valence electrons. The molecule has 5 rings (SSSR count). The second-order valence-electron chi connectivity index (χ2n) is 10.7. The second kappa shape index (κ2) is 11.2. The summed E-state index contributed by atoms with van der Waals surface area (Å²) < 4.78 is 12.0. The highest BCUT2D eigenvalue weighted by Crippen LogP contribution is 2.57. The molecule has 3 aromatic rings. The van der Waals surface area contributed by atoms with Crippen molar-refractivity contribution in [1.82, 2.24) is 10.2 Å². The summed E-state index contributed by atoms with van der Waals surface area (Å²) in [6, 6.07) is 13.0. The van der Waals surface area contributed by atoms with Gasteiger partial charge in [-0.3, -0.25) is 19.2 Å². The van der Waals surface area contributed by atoms with Gasteiger partial charge >= 0.3 is 5.97 Å². The average molecular weight is 587 g/mol. The van der Waals surface area contributed by atoms with Gasteiger partial charge in [-0.1, -0.05) is 12.1 Å². The number of carbonyl (C=O) groups excluding carboxylic acids is 5. The van der Waals surface area contributed by atoms with Crippen LogP contribution in [0.25, 0.3) is 0 Å². The summed E-state index contributed by atoms with van der Waals surface area (Å²) in [5, 5.41) is 22.6. The van der Waals surface area contributed by atoms with Gasteiger partial charge in [0.15, 0.2) is 17.2 Å². The summed E-state index contributed by atoms with van der Waals surface area (Å²) in [7, 11) is 1.47. The molecule has 11 nitrogen and oxygen atoms in total. The predicted octanol–water partition coefficient (Wildman–Crippen LogP) is 3.57. The van der Waals surface area contributed by atoms with E-state index in [1.807, 2.05) is 0 Å². The van der Waals surface area contributed by atoms with E-state index < -0.39 is 23.5 Å². The van der Waals surface area contributed by atoms with Crippen molar-refractivity contribution in [2.24, 2.45) is 0 Å². The first kappa shape index (κ1) is 29.3. The highest BCUT2D eigenvalue weighted by atomic mass is 16.6. The number of benzene rings is 3. The fourth-order valence-electron chi connectivity index (χ4n) is 5.31. The Morgan fingerprint density at radius 2 is 1.51 bits per heavy atom. The van der Waals surface area contributed by atoms with E-state index in [2.05, 4.69) is 5.32 Å². The summed E-state index contributed by atoms with van der Waals surface area (Å²) in [6.45, 7) is 2.71. The first-order valence-electron chi connectivity index (χ1n) is 13.7. The maximum absolute atomic E-state index is 13.3. The molecule has 1 spiro atoms. The number of phenolic OH excluding ortho intramolecular Hbond substituents is 2. The highest BCUT2D eigenvalue weighted by molar-refractivity contribution is 6.02. The molecule has 3 aromatic carbocycles. The third-order valence-corrected chi connectivity index (χ3v) is 7.68. The molecule has 0 bridgehead atoms. The van der Waals surface area contributed by atoms with Crippen LogP contribution >= 0.6 is 0 Å². The zero-order valence-electron chi connectivity index (χ0n) is 23.8. The zero-order valence-corrected chi connectivity index (χ0v) is 23.8. The predicted molar refractivity (Wildman–Crippen MR) is 152 cm³/mol. The van der Waals surface area contributed by atoms with E-state index in [1.54, 1.807) is 31.2 Å². The van der Waals surface area contributed by atoms with Crippen LogP contribution in [0.4, 0.5) is 0 Å². The molecule has 0 unspecified atom stereocenters. The average Bonchev–Trinajstić information content (AvgIpc) is 3.24. The minimum Gasteiger partial charge on any atom is -0.508 e. The molecule has 0 fully saturated rings. The molecule has 2 amide bonds. The van der Waals surface area contributed by atoms with Crippen LogP contribution in [0.3, 0.4) is 0 Å². The van der Waals surface area contributed by atoms with Gasteiger partial charge in [-0.05, 0) is 50.6 Å². The molecule has 2 aliphatic rings. The first-order chi connectivity index (χ1) is 20.4. The molecule has 3 N–H and O–H groups in total. The van der Waals surface area contributed by atoms with Gasteiger partial charge in [0.25, 0.3) is 0 Å². The number of nitrogens with one attached hydrogen (secondary N) is 1. The number of nitrogens with zero attached hydrogens (tertiary/aromatic N) is 1. The topological polar surface area (TPSA) is 160 Å². The van der Waals surface area contributed by atoms with Gasteiger partial charge in [0, 0.05) is 54.3 Å². The van der Waals surface area contributed by atoms with Crippen LogP contribution < -0.4 is 10.1 Å². The molecule has 2 heterocycles. The third kappa shape index (κ3) is 5.41. The third-order valence-electron chi connectivity index (χ3n) is 7.68. The van der Waals surface area contributed by atoms with E-state index in [-0.39, 0.29) is 77.4 Å². The van der Waals surface area contributed by atoms with Gasteiger partial charge in [-0.2, -0.15) is 0 Å². The van der Waals surface area contributed by atoms with E-state index in [1.165, 1.54) is 49.2 Å². The number of amides is 2. The maximum atomic E-state index is 13.3.